The molecule has 0 bridgehead atoms. The number of unbranched alkanes of at least 4 members (excludes halogenated alkanes) is 2. The van der Waals surface area contributed by atoms with Gasteiger partial charge in [0.15, 0.2) is 5.75 Å². The molecule has 2 aromatic rings. The van der Waals surface area contributed by atoms with Crippen molar-refractivity contribution in [2.45, 2.75) is 51.8 Å². The summed E-state index contributed by atoms with van der Waals surface area (Å²) in [5, 5.41) is 3.49. The molecule has 210 valence electrons. The largest absolute Gasteiger partial charge is 0.494 e. The van der Waals surface area contributed by atoms with Gasteiger partial charge in [0.05, 0.1) is 37.3 Å². The maximum Gasteiger partial charge on any atom is 0.306 e. The third kappa shape index (κ3) is 9.96. The molecule has 0 fully saturated rings. The van der Waals surface area contributed by atoms with Gasteiger partial charge in [-0.25, -0.2) is 0 Å². The van der Waals surface area contributed by atoms with Gasteiger partial charge < -0.3 is 29.1 Å². The topological polar surface area (TPSA) is 130 Å². The molecule has 2 aromatic carbocycles. The zero-order valence-electron chi connectivity index (χ0n) is 22.8. The molecule has 10 nitrogen and oxygen atoms in total. The molecular formula is C27H39N3O7S. The van der Waals surface area contributed by atoms with Gasteiger partial charge in [-0.3, -0.25) is 4.79 Å². The molecule has 0 aromatic heterocycles. The van der Waals surface area contributed by atoms with E-state index in [0.29, 0.717) is 13.2 Å². The Bertz CT molecular complexity index is 1150. The van der Waals surface area contributed by atoms with E-state index in [1.807, 2.05) is 31.2 Å². The monoisotopic (exact) mass is 549 g/mol. The van der Waals surface area contributed by atoms with Gasteiger partial charge >= 0.3 is 10.1 Å². The number of carbonyl (C=O) groups excluding carboxylic acids is 1. The lowest BCUT2D eigenvalue weighted by atomic mass is 10.1. The molecule has 0 aliphatic carbocycles. The molecule has 0 heterocycles. The number of nitrogens with zero attached hydrogens (tertiary/aromatic N) is 2. The summed E-state index contributed by atoms with van der Waals surface area (Å²) in [6.45, 7) is 6.72. The van der Waals surface area contributed by atoms with Crippen LogP contribution in [0.4, 0.5) is 0 Å². The number of amides is 1. The van der Waals surface area contributed by atoms with Gasteiger partial charge in [0, 0.05) is 13.7 Å². The zero-order valence-corrected chi connectivity index (χ0v) is 23.6. The Hall–Kier alpha value is -3.15. The fourth-order valence-corrected chi connectivity index (χ4v) is 4.47. The van der Waals surface area contributed by atoms with Crippen LogP contribution in [-0.4, -0.2) is 70.4 Å². The lowest BCUT2D eigenvalue weighted by Crippen LogP contribution is -2.55. The van der Waals surface area contributed by atoms with Crippen molar-refractivity contribution in [3.05, 3.63) is 59.7 Å². The Labute approximate surface area is 225 Å². The predicted octanol–water partition coefficient (Wildman–Crippen LogP) is 3.80. The molecule has 0 saturated heterocycles. The van der Waals surface area contributed by atoms with Crippen molar-refractivity contribution in [2.75, 3.05) is 33.2 Å². The van der Waals surface area contributed by atoms with Crippen LogP contribution in [0.5, 0.6) is 11.5 Å². The van der Waals surface area contributed by atoms with Crippen LogP contribution in [0.25, 0.3) is 0 Å². The first kappa shape index (κ1) is 31.1. The van der Waals surface area contributed by atoms with Gasteiger partial charge in [-0.05, 0) is 82.0 Å². The van der Waals surface area contributed by atoms with Gasteiger partial charge in [-0.15, -0.1) is 0 Å². The number of hydrogen-bond donors (Lipinski definition) is 1. The highest BCUT2D eigenvalue weighted by Gasteiger charge is 2.37. The van der Waals surface area contributed by atoms with Crippen molar-refractivity contribution in [2.24, 2.45) is 10.9 Å². The Morgan fingerprint density at radius 1 is 1.08 bits per heavy atom. The Morgan fingerprint density at radius 2 is 1.74 bits per heavy atom. The molecule has 0 aliphatic heterocycles. The minimum absolute atomic E-state index is 0.0347. The van der Waals surface area contributed by atoms with Gasteiger partial charge in [0.2, 0.25) is 0 Å². The summed E-state index contributed by atoms with van der Waals surface area (Å²) in [5.74, 6) is 5.47. The van der Waals surface area contributed by atoms with E-state index in [9.17, 15) is 13.2 Å². The third-order valence-corrected chi connectivity index (χ3v) is 6.10. The van der Waals surface area contributed by atoms with E-state index in [-0.39, 0.29) is 24.0 Å². The second kappa shape index (κ2) is 14.7. The Kier molecular flexibility index (Phi) is 12.0. The lowest BCUT2D eigenvalue weighted by Gasteiger charge is -2.42. The first-order valence-corrected chi connectivity index (χ1v) is 14.2. The first-order chi connectivity index (χ1) is 18.0. The first-order valence-electron chi connectivity index (χ1n) is 12.4. The van der Waals surface area contributed by atoms with Crippen LogP contribution in [0.2, 0.25) is 0 Å². The van der Waals surface area contributed by atoms with Crippen LogP contribution in [0.1, 0.15) is 56.0 Å². The summed E-state index contributed by atoms with van der Waals surface area (Å²) in [4.78, 5) is 15.2. The maximum absolute atomic E-state index is 13.7. The normalized spacial score (nSPS) is 12.9. The minimum atomic E-state index is -3.82. The van der Waals surface area contributed by atoms with Gasteiger partial charge in [-0.1, -0.05) is 12.1 Å². The summed E-state index contributed by atoms with van der Waals surface area (Å²) >= 11 is 0. The Balaban J connectivity index is 1.96. The van der Waals surface area contributed by atoms with Crippen LogP contribution >= 0.6 is 0 Å². The van der Waals surface area contributed by atoms with Crippen molar-refractivity contribution < 1.29 is 31.6 Å². The highest BCUT2D eigenvalue weighted by atomic mass is 32.2. The molecule has 0 spiro atoms. The number of carbonyl (C=O) groups is 1. The number of hydrogen-bond acceptors (Lipinski definition) is 9. The molecule has 0 radical (unpaired) electrons. The van der Waals surface area contributed by atoms with Crippen molar-refractivity contribution >= 4 is 22.2 Å². The van der Waals surface area contributed by atoms with E-state index < -0.39 is 21.8 Å². The second-order valence-electron chi connectivity index (χ2n) is 9.31. The van der Waals surface area contributed by atoms with Crippen LogP contribution < -0.4 is 14.8 Å². The molecule has 1 amide bonds. The molecule has 0 aliphatic rings. The van der Waals surface area contributed by atoms with E-state index in [1.54, 1.807) is 44.2 Å². The van der Waals surface area contributed by atoms with E-state index in [0.717, 1.165) is 36.8 Å². The smallest absolute Gasteiger partial charge is 0.306 e. The minimum Gasteiger partial charge on any atom is -0.494 e. The van der Waals surface area contributed by atoms with Gasteiger partial charge in [0.1, 0.15) is 11.5 Å². The SMILES string of the molecule is COCC(C)N(C(=O)c1ccccc1OS(C)(=O)=O)C(C)(C)OCCCCCOc1ccc(/C=N/N)cc1. The maximum atomic E-state index is 13.7. The molecule has 2 rings (SSSR count). The molecule has 11 heteroatoms. The standard InChI is InChI=1S/C27H39N3O7S/c1-21(20-34-4)30(26(31)24-11-7-8-12-25(24)37-38(5,32)33)27(2,3)36-18-10-6-9-17-35-23-15-13-22(14-16-23)19-29-28/h7-8,11-16,19,21H,6,9-10,17-18,20,28H2,1-5H3/b29-19+. The van der Waals surface area contributed by atoms with Crippen LogP contribution in [-0.2, 0) is 19.6 Å². The quantitative estimate of drug-likeness (QED) is 0.0836. The average Bonchev–Trinajstić information content (AvgIpc) is 2.84. The summed E-state index contributed by atoms with van der Waals surface area (Å²) in [7, 11) is -2.26. The van der Waals surface area contributed by atoms with E-state index >= 15 is 0 Å². The lowest BCUT2D eigenvalue weighted by molar-refractivity contribution is -0.132. The van der Waals surface area contributed by atoms with Crippen molar-refractivity contribution in [3.63, 3.8) is 0 Å². The van der Waals surface area contributed by atoms with E-state index in [1.165, 1.54) is 12.1 Å². The summed E-state index contributed by atoms with van der Waals surface area (Å²) < 4.78 is 45.8. The number of hydrazone groups is 1. The summed E-state index contributed by atoms with van der Waals surface area (Å²) in [6.07, 6.45) is 4.99. The predicted molar refractivity (Wildman–Crippen MR) is 147 cm³/mol. The number of benzene rings is 2. The second-order valence-corrected chi connectivity index (χ2v) is 10.9. The zero-order chi connectivity index (χ0) is 28.2. The molecule has 0 saturated carbocycles. The Morgan fingerprint density at radius 3 is 2.37 bits per heavy atom. The van der Waals surface area contributed by atoms with Crippen molar-refractivity contribution in [3.8, 4) is 11.5 Å². The highest BCUT2D eigenvalue weighted by Crippen LogP contribution is 2.28. The van der Waals surface area contributed by atoms with Crippen molar-refractivity contribution in [1.29, 1.82) is 0 Å². The number of ether oxygens (including phenoxy) is 3. The van der Waals surface area contributed by atoms with Gasteiger partial charge in [-0.2, -0.15) is 13.5 Å². The van der Waals surface area contributed by atoms with Crippen LogP contribution in [0, 0.1) is 0 Å². The number of para-hydroxylation sites is 1. The fraction of sp³-hybridized carbons (Fsp3) is 0.481. The average molecular weight is 550 g/mol. The summed E-state index contributed by atoms with van der Waals surface area (Å²) in [5.41, 5.74) is 0.0228. The molecule has 1 atom stereocenters. The molecule has 38 heavy (non-hydrogen) atoms. The third-order valence-electron chi connectivity index (χ3n) is 5.62. The number of methoxy groups -OCH3 is 1. The summed E-state index contributed by atoms with van der Waals surface area (Å²) in [6, 6.07) is 13.4. The van der Waals surface area contributed by atoms with Crippen LogP contribution in [0.3, 0.4) is 0 Å². The van der Waals surface area contributed by atoms with Crippen LogP contribution in [0.15, 0.2) is 53.6 Å². The van der Waals surface area contributed by atoms with Gasteiger partial charge in [0.25, 0.3) is 5.91 Å². The molecule has 2 N–H and O–H groups in total. The van der Waals surface area contributed by atoms with Crippen molar-refractivity contribution in [1.82, 2.24) is 4.90 Å². The number of rotatable bonds is 16. The van der Waals surface area contributed by atoms with E-state index in [2.05, 4.69) is 5.10 Å². The van der Waals surface area contributed by atoms with E-state index in [4.69, 9.17) is 24.2 Å². The molecule has 1 unspecified atom stereocenters. The number of nitrogens with two attached hydrogens (primary N) is 1. The fourth-order valence-electron chi connectivity index (χ4n) is 4.00. The highest BCUT2D eigenvalue weighted by molar-refractivity contribution is 7.86. The molecular weight excluding hydrogens is 510 g/mol.